The zero-order valence-electron chi connectivity index (χ0n) is 9.85. The zero-order valence-corrected chi connectivity index (χ0v) is 10.7. The lowest BCUT2D eigenvalue weighted by Crippen LogP contribution is -2.45. The molecular weight excluding hydrogens is 256 g/mol. The Morgan fingerprint density at radius 3 is 2.72 bits per heavy atom. The number of hydrogen-bond acceptors (Lipinski definition) is 4. The van der Waals surface area contributed by atoms with Gasteiger partial charge in [-0.2, -0.15) is 0 Å². The number of piperidine rings is 1. The molecular formula is C12H15ClN2O3. The van der Waals surface area contributed by atoms with Crippen LogP contribution in [0.5, 0.6) is 5.75 Å². The van der Waals surface area contributed by atoms with E-state index in [0.717, 1.165) is 43.7 Å². The van der Waals surface area contributed by atoms with Gasteiger partial charge >= 0.3 is 0 Å². The molecule has 18 heavy (non-hydrogen) atoms. The number of ether oxygens (including phenoxy) is 1. The van der Waals surface area contributed by atoms with Gasteiger partial charge in [-0.3, -0.25) is 10.1 Å². The molecule has 2 aliphatic heterocycles. The Labute approximate surface area is 111 Å². The monoisotopic (exact) mass is 270 g/mol. The fourth-order valence-electron chi connectivity index (χ4n) is 2.69. The lowest BCUT2D eigenvalue weighted by atomic mass is 9.88. The van der Waals surface area contributed by atoms with Crippen LogP contribution in [0, 0.1) is 10.1 Å². The summed E-state index contributed by atoms with van der Waals surface area (Å²) in [4.78, 5) is 10.4. The molecule has 2 aliphatic rings. The Balaban J connectivity index is 0.00000120. The van der Waals surface area contributed by atoms with Crippen LogP contribution >= 0.6 is 12.4 Å². The quantitative estimate of drug-likeness (QED) is 0.627. The highest BCUT2D eigenvalue weighted by molar-refractivity contribution is 5.85. The Kier molecular flexibility index (Phi) is 3.45. The van der Waals surface area contributed by atoms with Crippen molar-refractivity contribution in [1.82, 2.24) is 5.32 Å². The van der Waals surface area contributed by atoms with Crippen LogP contribution in [-0.4, -0.2) is 23.6 Å². The third-order valence-electron chi connectivity index (χ3n) is 3.61. The number of nitrogens with one attached hydrogen (secondary N) is 1. The van der Waals surface area contributed by atoms with Crippen molar-refractivity contribution in [3.63, 3.8) is 0 Å². The number of fused-ring (bicyclic) bond motifs is 1. The van der Waals surface area contributed by atoms with Gasteiger partial charge in [0.05, 0.1) is 4.92 Å². The molecule has 3 rings (SSSR count). The summed E-state index contributed by atoms with van der Waals surface area (Å²) >= 11 is 0. The summed E-state index contributed by atoms with van der Waals surface area (Å²) in [6.45, 7) is 1.91. The first kappa shape index (κ1) is 13.1. The zero-order chi connectivity index (χ0) is 11.9. The molecule has 1 aromatic carbocycles. The highest BCUT2D eigenvalue weighted by atomic mass is 35.5. The van der Waals surface area contributed by atoms with Crippen LogP contribution in [0.1, 0.15) is 18.4 Å². The normalized spacial score (nSPS) is 19.8. The standard InChI is InChI=1S/C12H14N2O3.ClH/c15-14(16)10-1-2-11-9(7-10)8-12(17-11)3-5-13-6-4-12;/h1-2,7,13H,3-6,8H2;1H. The molecule has 6 heteroatoms. The molecule has 0 aliphatic carbocycles. The topological polar surface area (TPSA) is 64.4 Å². The van der Waals surface area contributed by atoms with E-state index in [2.05, 4.69) is 5.32 Å². The van der Waals surface area contributed by atoms with Crippen molar-refractivity contribution in [2.45, 2.75) is 24.9 Å². The van der Waals surface area contributed by atoms with Gasteiger partial charge in [0.1, 0.15) is 11.4 Å². The van der Waals surface area contributed by atoms with Crippen LogP contribution in [0.25, 0.3) is 0 Å². The summed E-state index contributed by atoms with van der Waals surface area (Å²) in [6.07, 6.45) is 2.73. The number of hydrogen-bond donors (Lipinski definition) is 1. The second-order valence-corrected chi connectivity index (χ2v) is 4.76. The third kappa shape index (κ3) is 2.15. The summed E-state index contributed by atoms with van der Waals surface area (Å²) in [6, 6.07) is 4.88. The van der Waals surface area contributed by atoms with E-state index < -0.39 is 0 Å². The SMILES string of the molecule is Cl.O=[N+]([O-])c1ccc2c(c1)CC1(CCNCC1)O2. The summed E-state index contributed by atoms with van der Waals surface area (Å²) in [7, 11) is 0. The molecule has 0 aromatic heterocycles. The fourth-order valence-corrected chi connectivity index (χ4v) is 2.69. The van der Waals surface area contributed by atoms with Crippen molar-refractivity contribution in [1.29, 1.82) is 0 Å². The molecule has 1 spiro atoms. The van der Waals surface area contributed by atoms with Gasteiger partial charge in [-0.05, 0) is 32.0 Å². The van der Waals surface area contributed by atoms with Crippen molar-refractivity contribution in [2.75, 3.05) is 13.1 Å². The molecule has 1 saturated heterocycles. The summed E-state index contributed by atoms with van der Waals surface area (Å²) in [5, 5.41) is 14.0. The predicted octanol–water partition coefficient (Wildman–Crippen LogP) is 2.07. The van der Waals surface area contributed by atoms with E-state index in [0.29, 0.717) is 0 Å². The van der Waals surface area contributed by atoms with Crippen LogP contribution in [0.2, 0.25) is 0 Å². The van der Waals surface area contributed by atoms with Gasteiger partial charge in [-0.25, -0.2) is 0 Å². The van der Waals surface area contributed by atoms with Crippen molar-refractivity contribution >= 4 is 18.1 Å². The molecule has 0 radical (unpaired) electrons. The van der Waals surface area contributed by atoms with Gasteiger partial charge in [0, 0.05) is 24.1 Å². The molecule has 98 valence electrons. The molecule has 0 unspecified atom stereocenters. The summed E-state index contributed by atoms with van der Waals surface area (Å²) in [5.74, 6) is 0.817. The molecule has 5 nitrogen and oxygen atoms in total. The number of rotatable bonds is 1. The minimum absolute atomic E-state index is 0. The predicted molar refractivity (Wildman–Crippen MR) is 69.5 cm³/mol. The minimum Gasteiger partial charge on any atom is -0.487 e. The summed E-state index contributed by atoms with van der Waals surface area (Å²) in [5.41, 5.74) is 1.00. The molecule has 0 amide bonds. The van der Waals surface area contributed by atoms with E-state index in [4.69, 9.17) is 4.74 Å². The van der Waals surface area contributed by atoms with Gasteiger partial charge in [0.2, 0.25) is 0 Å². The largest absolute Gasteiger partial charge is 0.487 e. The second-order valence-electron chi connectivity index (χ2n) is 4.76. The highest BCUT2D eigenvalue weighted by Gasteiger charge is 2.40. The fraction of sp³-hybridized carbons (Fsp3) is 0.500. The number of halogens is 1. The molecule has 0 saturated carbocycles. The average molecular weight is 271 g/mol. The maximum Gasteiger partial charge on any atom is 0.269 e. The Hall–Kier alpha value is -1.33. The minimum atomic E-state index is -0.353. The van der Waals surface area contributed by atoms with Gasteiger partial charge in [-0.1, -0.05) is 0 Å². The molecule has 1 N–H and O–H groups in total. The second kappa shape index (κ2) is 4.74. The van der Waals surface area contributed by atoms with E-state index >= 15 is 0 Å². The van der Waals surface area contributed by atoms with E-state index in [1.54, 1.807) is 12.1 Å². The van der Waals surface area contributed by atoms with E-state index in [-0.39, 0.29) is 28.6 Å². The smallest absolute Gasteiger partial charge is 0.269 e. The first-order chi connectivity index (χ1) is 8.19. The van der Waals surface area contributed by atoms with Gasteiger partial charge in [-0.15, -0.1) is 12.4 Å². The average Bonchev–Trinajstić information content (AvgIpc) is 2.66. The molecule has 1 aromatic rings. The van der Waals surface area contributed by atoms with E-state index in [1.165, 1.54) is 6.07 Å². The maximum atomic E-state index is 10.7. The number of nitro benzene ring substituents is 1. The van der Waals surface area contributed by atoms with Crippen LogP contribution in [0.15, 0.2) is 18.2 Å². The Bertz CT molecular complexity index is 472. The Morgan fingerprint density at radius 2 is 2.06 bits per heavy atom. The third-order valence-corrected chi connectivity index (χ3v) is 3.61. The molecule has 2 heterocycles. The summed E-state index contributed by atoms with van der Waals surface area (Å²) < 4.78 is 6.01. The molecule has 0 bridgehead atoms. The van der Waals surface area contributed by atoms with Crippen LogP contribution in [0.3, 0.4) is 0 Å². The van der Waals surface area contributed by atoms with Gasteiger partial charge < -0.3 is 10.1 Å². The lowest BCUT2D eigenvalue weighted by molar-refractivity contribution is -0.384. The van der Waals surface area contributed by atoms with Gasteiger partial charge in [0.25, 0.3) is 5.69 Å². The number of nitro groups is 1. The van der Waals surface area contributed by atoms with Crippen LogP contribution < -0.4 is 10.1 Å². The van der Waals surface area contributed by atoms with Crippen molar-refractivity contribution in [3.05, 3.63) is 33.9 Å². The molecule has 0 atom stereocenters. The van der Waals surface area contributed by atoms with Crippen LogP contribution in [0.4, 0.5) is 5.69 Å². The van der Waals surface area contributed by atoms with Crippen LogP contribution in [-0.2, 0) is 6.42 Å². The van der Waals surface area contributed by atoms with Crippen molar-refractivity contribution < 1.29 is 9.66 Å². The number of benzene rings is 1. The Morgan fingerprint density at radius 1 is 1.33 bits per heavy atom. The first-order valence-corrected chi connectivity index (χ1v) is 5.86. The number of non-ortho nitro benzene ring substituents is 1. The molecule has 1 fully saturated rings. The van der Waals surface area contributed by atoms with Crippen molar-refractivity contribution in [3.8, 4) is 5.75 Å². The van der Waals surface area contributed by atoms with Gasteiger partial charge in [0.15, 0.2) is 0 Å². The highest BCUT2D eigenvalue weighted by Crippen LogP contribution is 2.41. The van der Waals surface area contributed by atoms with E-state index in [9.17, 15) is 10.1 Å². The van der Waals surface area contributed by atoms with Crippen molar-refractivity contribution in [2.24, 2.45) is 0 Å². The maximum absolute atomic E-state index is 10.7. The number of nitrogens with zero attached hydrogens (tertiary/aromatic N) is 1. The lowest BCUT2D eigenvalue weighted by Gasteiger charge is -2.33. The van der Waals surface area contributed by atoms with E-state index in [1.807, 2.05) is 0 Å². The first-order valence-electron chi connectivity index (χ1n) is 5.86.